The van der Waals surface area contributed by atoms with Crippen LogP contribution in [-0.4, -0.2) is 24.3 Å². The van der Waals surface area contributed by atoms with Crippen LogP contribution in [0.4, 0.5) is 0 Å². The summed E-state index contributed by atoms with van der Waals surface area (Å²) in [5.41, 5.74) is 7.60. The summed E-state index contributed by atoms with van der Waals surface area (Å²) in [6.45, 7) is 2.57. The second kappa shape index (κ2) is 5.31. The van der Waals surface area contributed by atoms with Crippen LogP contribution in [-0.2, 0) is 4.79 Å². The first-order valence-electron chi connectivity index (χ1n) is 6.24. The minimum absolute atomic E-state index is 0.0282. The van der Waals surface area contributed by atoms with E-state index in [0.29, 0.717) is 18.5 Å². The first-order chi connectivity index (χ1) is 8.59. The predicted octanol–water partition coefficient (Wildman–Crippen LogP) is 1.03. The SMILES string of the molecule is Cc1ccc(C(=O)C2CCCNC(=O)C2N)cc1. The van der Waals surface area contributed by atoms with Crippen molar-refractivity contribution in [2.24, 2.45) is 11.7 Å². The standard InChI is InChI=1S/C14H18N2O2/c1-9-4-6-10(7-5-9)13(17)11-3-2-8-16-14(18)12(11)15/h4-7,11-12H,2-3,8,15H2,1H3,(H,16,18). The average Bonchev–Trinajstić information content (AvgIpc) is 2.53. The van der Waals surface area contributed by atoms with Gasteiger partial charge in [-0.3, -0.25) is 9.59 Å². The van der Waals surface area contributed by atoms with Crippen LogP contribution in [0.1, 0.15) is 28.8 Å². The maximum absolute atomic E-state index is 12.4. The summed E-state index contributed by atoms with van der Waals surface area (Å²) in [6.07, 6.45) is 1.45. The number of nitrogens with one attached hydrogen (secondary N) is 1. The van der Waals surface area contributed by atoms with E-state index in [9.17, 15) is 9.59 Å². The summed E-state index contributed by atoms with van der Waals surface area (Å²) in [7, 11) is 0. The molecule has 1 heterocycles. The van der Waals surface area contributed by atoms with Gasteiger partial charge in [0.2, 0.25) is 5.91 Å². The lowest BCUT2D eigenvalue weighted by molar-refractivity contribution is -0.122. The lowest BCUT2D eigenvalue weighted by atomic mass is 9.87. The molecular formula is C14H18N2O2. The van der Waals surface area contributed by atoms with E-state index in [1.54, 1.807) is 12.1 Å². The van der Waals surface area contributed by atoms with Gasteiger partial charge in [0.15, 0.2) is 5.78 Å². The molecule has 1 aliphatic heterocycles. The van der Waals surface area contributed by atoms with Gasteiger partial charge in [0, 0.05) is 18.0 Å². The summed E-state index contributed by atoms with van der Waals surface area (Å²) in [5.74, 6) is -0.660. The van der Waals surface area contributed by atoms with Crippen molar-refractivity contribution in [2.75, 3.05) is 6.54 Å². The molecule has 2 atom stereocenters. The molecule has 0 bridgehead atoms. The number of carbonyl (C=O) groups excluding carboxylic acids is 2. The molecule has 2 unspecified atom stereocenters. The second-order valence-corrected chi connectivity index (χ2v) is 4.80. The van der Waals surface area contributed by atoms with Crippen LogP contribution >= 0.6 is 0 Å². The molecule has 4 nitrogen and oxygen atoms in total. The predicted molar refractivity (Wildman–Crippen MR) is 69.2 cm³/mol. The third kappa shape index (κ3) is 2.59. The normalized spacial score (nSPS) is 24.2. The Balaban J connectivity index is 2.21. The highest BCUT2D eigenvalue weighted by Crippen LogP contribution is 2.19. The van der Waals surface area contributed by atoms with Gasteiger partial charge in [-0.2, -0.15) is 0 Å². The largest absolute Gasteiger partial charge is 0.355 e. The number of Topliss-reactive ketones (excluding diaryl/α,β-unsaturated/α-hetero) is 1. The van der Waals surface area contributed by atoms with Gasteiger partial charge in [-0.15, -0.1) is 0 Å². The molecule has 1 aromatic rings. The van der Waals surface area contributed by atoms with Gasteiger partial charge in [0.25, 0.3) is 0 Å². The molecule has 0 radical (unpaired) electrons. The number of ketones is 1. The highest BCUT2D eigenvalue weighted by atomic mass is 16.2. The Labute approximate surface area is 107 Å². The fourth-order valence-corrected chi connectivity index (χ4v) is 2.24. The van der Waals surface area contributed by atoms with Crippen LogP contribution < -0.4 is 11.1 Å². The van der Waals surface area contributed by atoms with E-state index in [0.717, 1.165) is 12.0 Å². The summed E-state index contributed by atoms with van der Waals surface area (Å²) < 4.78 is 0. The van der Waals surface area contributed by atoms with E-state index in [1.165, 1.54) is 0 Å². The Morgan fingerprint density at radius 3 is 2.67 bits per heavy atom. The molecule has 0 aliphatic carbocycles. The summed E-state index contributed by atoms with van der Waals surface area (Å²) in [5, 5.41) is 2.72. The lowest BCUT2D eigenvalue weighted by Gasteiger charge is -2.18. The fourth-order valence-electron chi connectivity index (χ4n) is 2.24. The average molecular weight is 246 g/mol. The lowest BCUT2D eigenvalue weighted by Crippen LogP contribution is -2.45. The number of hydrogen-bond donors (Lipinski definition) is 2. The van der Waals surface area contributed by atoms with E-state index in [2.05, 4.69) is 5.32 Å². The number of nitrogens with two attached hydrogens (primary N) is 1. The van der Waals surface area contributed by atoms with E-state index in [-0.39, 0.29) is 11.7 Å². The molecule has 3 N–H and O–H groups in total. The molecule has 1 aliphatic rings. The zero-order valence-corrected chi connectivity index (χ0v) is 10.5. The number of carbonyl (C=O) groups is 2. The van der Waals surface area contributed by atoms with Crippen molar-refractivity contribution in [3.63, 3.8) is 0 Å². The van der Waals surface area contributed by atoms with Gasteiger partial charge in [0.05, 0.1) is 6.04 Å². The monoisotopic (exact) mass is 246 g/mol. The molecule has 0 saturated carbocycles. The van der Waals surface area contributed by atoms with E-state index in [1.807, 2.05) is 19.1 Å². The van der Waals surface area contributed by atoms with Crippen molar-refractivity contribution in [3.8, 4) is 0 Å². The molecule has 1 amide bonds. The van der Waals surface area contributed by atoms with Crippen molar-refractivity contribution in [1.29, 1.82) is 0 Å². The molecule has 1 aromatic carbocycles. The maximum atomic E-state index is 12.4. The zero-order chi connectivity index (χ0) is 13.1. The third-order valence-corrected chi connectivity index (χ3v) is 3.40. The zero-order valence-electron chi connectivity index (χ0n) is 10.5. The molecule has 96 valence electrons. The van der Waals surface area contributed by atoms with Crippen molar-refractivity contribution >= 4 is 11.7 Å². The maximum Gasteiger partial charge on any atom is 0.237 e. The highest BCUT2D eigenvalue weighted by Gasteiger charge is 2.32. The van der Waals surface area contributed by atoms with Gasteiger partial charge >= 0.3 is 0 Å². The van der Waals surface area contributed by atoms with E-state index < -0.39 is 12.0 Å². The molecule has 1 saturated heterocycles. The summed E-state index contributed by atoms with van der Waals surface area (Å²) in [6, 6.07) is 6.66. The summed E-state index contributed by atoms with van der Waals surface area (Å²) in [4.78, 5) is 24.0. The van der Waals surface area contributed by atoms with Crippen LogP contribution in [0.5, 0.6) is 0 Å². The van der Waals surface area contributed by atoms with Crippen LogP contribution in [0.25, 0.3) is 0 Å². The second-order valence-electron chi connectivity index (χ2n) is 4.80. The van der Waals surface area contributed by atoms with Gasteiger partial charge in [-0.25, -0.2) is 0 Å². The van der Waals surface area contributed by atoms with E-state index >= 15 is 0 Å². The molecule has 0 spiro atoms. The van der Waals surface area contributed by atoms with Crippen molar-refractivity contribution < 1.29 is 9.59 Å². The minimum atomic E-state index is -0.735. The minimum Gasteiger partial charge on any atom is -0.355 e. The molecule has 0 aromatic heterocycles. The molecule has 4 heteroatoms. The number of benzene rings is 1. The third-order valence-electron chi connectivity index (χ3n) is 3.40. The number of rotatable bonds is 2. The van der Waals surface area contributed by atoms with Gasteiger partial charge < -0.3 is 11.1 Å². The number of amides is 1. The number of hydrogen-bond acceptors (Lipinski definition) is 3. The molecule has 2 rings (SSSR count). The molecular weight excluding hydrogens is 228 g/mol. The highest BCUT2D eigenvalue weighted by molar-refractivity contribution is 6.01. The number of aryl methyl sites for hydroxylation is 1. The van der Waals surface area contributed by atoms with Crippen LogP contribution in [0.3, 0.4) is 0 Å². The Kier molecular flexibility index (Phi) is 3.77. The first kappa shape index (κ1) is 12.8. The first-order valence-corrected chi connectivity index (χ1v) is 6.24. The quantitative estimate of drug-likeness (QED) is 0.766. The van der Waals surface area contributed by atoms with Gasteiger partial charge in [-0.1, -0.05) is 29.8 Å². The van der Waals surface area contributed by atoms with Crippen molar-refractivity contribution in [1.82, 2.24) is 5.32 Å². The van der Waals surface area contributed by atoms with Crippen molar-refractivity contribution in [2.45, 2.75) is 25.8 Å². The van der Waals surface area contributed by atoms with Crippen LogP contribution in [0, 0.1) is 12.8 Å². The summed E-state index contributed by atoms with van der Waals surface area (Å²) >= 11 is 0. The Morgan fingerprint density at radius 1 is 1.33 bits per heavy atom. The topological polar surface area (TPSA) is 72.2 Å². The fraction of sp³-hybridized carbons (Fsp3) is 0.429. The Bertz CT molecular complexity index is 453. The molecule has 1 fully saturated rings. The van der Waals surface area contributed by atoms with Crippen LogP contribution in [0.2, 0.25) is 0 Å². The molecule has 18 heavy (non-hydrogen) atoms. The van der Waals surface area contributed by atoms with Crippen LogP contribution in [0.15, 0.2) is 24.3 Å². The van der Waals surface area contributed by atoms with Crippen molar-refractivity contribution in [3.05, 3.63) is 35.4 Å². The van der Waals surface area contributed by atoms with Gasteiger partial charge in [0.1, 0.15) is 0 Å². The smallest absolute Gasteiger partial charge is 0.237 e. The Morgan fingerprint density at radius 2 is 2.00 bits per heavy atom. The van der Waals surface area contributed by atoms with Gasteiger partial charge in [-0.05, 0) is 19.8 Å². The van der Waals surface area contributed by atoms with E-state index in [4.69, 9.17) is 5.73 Å². The Hall–Kier alpha value is -1.68.